The Hall–Kier alpha value is -3.53. The highest BCUT2D eigenvalue weighted by atomic mass is 16.5. The number of anilines is 1. The Morgan fingerprint density at radius 1 is 1.21 bits per heavy atom. The van der Waals surface area contributed by atoms with Crippen LogP contribution in [0.25, 0.3) is 5.78 Å². The Morgan fingerprint density at radius 2 is 2.03 bits per heavy atom. The van der Waals surface area contributed by atoms with Crippen LogP contribution in [0.1, 0.15) is 36.1 Å². The zero-order chi connectivity index (χ0) is 23.7. The summed E-state index contributed by atoms with van der Waals surface area (Å²) in [4.78, 5) is 50.1. The van der Waals surface area contributed by atoms with E-state index >= 15 is 0 Å². The first-order valence-corrected chi connectivity index (χ1v) is 11.7. The van der Waals surface area contributed by atoms with Crippen LogP contribution in [-0.2, 0) is 33.8 Å². The van der Waals surface area contributed by atoms with Crippen LogP contribution < -0.4 is 10.5 Å². The highest BCUT2D eigenvalue weighted by Gasteiger charge is 2.32. The number of Topliss-reactive ketones (excluding diaryl/α,β-unsaturated/α-hetero) is 1. The molecule has 1 saturated carbocycles. The lowest BCUT2D eigenvalue weighted by atomic mass is 10.1. The number of carbonyl (C=O) groups excluding carboxylic acids is 2. The number of H-pyrrole nitrogens is 1. The van der Waals surface area contributed by atoms with Gasteiger partial charge in [-0.15, -0.1) is 0 Å². The molecule has 0 radical (unpaired) electrons. The monoisotopic (exact) mass is 464 g/mol. The van der Waals surface area contributed by atoms with E-state index in [1.165, 1.54) is 10.1 Å². The molecular formula is C24H28N6O4. The maximum Gasteiger partial charge on any atom is 0.316 e. The Morgan fingerprint density at radius 3 is 2.79 bits per heavy atom. The Balaban J connectivity index is 1.25. The van der Waals surface area contributed by atoms with E-state index in [4.69, 9.17) is 4.74 Å². The zero-order valence-corrected chi connectivity index (χ0v) is 19.2. The van der Waals surface area contributed by atoms with Gasteiger partial charge in [-0.1, -0.05) is 30.3 Å². The number of esters is 1. The first-order chi connectivity index (χ1) is 16.5. The van der Waals surface area contributed by atoms with Crippen molar-refractivity contribution < 1.29 is 14.3 Å². The molecule has 1 N–H and O–H groups in total. The summed E-state index contributed by atoms with van der Waals surface area (Å²) in [5, 5.41) is 3.01. The number of aromatic amines is 1. The van der Waals surface area contributed by atoms with Gasteiger partial charge in [0.25, 0.3) is 11.3 Å². The minimum absolute atomic E-state index is 0.0348. The van der Waals surface area contributed by atoms with E-state index in [0.29, 0.717) is 44.1 Å². The van der Waals surface area contributed by atoms with Crippen molar-refractivity contribution in [2.24, 2.45) is 5.92 Å². The Kier molecular flexibility index (Phi) is 6.14. The molecule has 3 aromatic rings. The van der Waals surface area contributed by atoms with Crippen LogP contribution in [0.3, 0.4) is 0 Å². The van der Waals surface area contributed by atoms with E-state index in [9.17, 15) is 14.4 Å². The van der Waals surface area contributed by atoms with E-state index in [0.717, 1.165) is 30.8 Å². The molecule has 0 saturated heterocycles. The van der Waals surface area contributed by atoms with E-state index in [1.807, 2.05) is 18.2 Å². The quantitative estimate of drug-likeness (QED) is 0.412. The van der Waals surface area contributed by atoms with Crippen molar-refractivity contribution in [1.29, 1.82) is 0 Å². The first kappa shape index (κ1) is 22.3. The van der Waals surface area contributed by atoms with Crippen LogP contribution in [0, 0.1) is 5.92 Å². The number of rotatable bonds is 7. The molecule has 0 amide bonds. The first-order valence-electron chi connectivity index (χ1n) is 11.7. The van der Waals surface area contributed by atoms with Crippen LogP contribution in [-0.4, -0.2) is 63.0 Å². The van der Waals surface area contributed by atoms with Gasteiger partial charge < -0.3 is 9.64 Å². The van der Waals surface area contributed by atoms with E-state index in [1.54, 1.807) is 11.9 Å². The standard InChI is InChI=1S/C24H28N6O4/c1-28(12-13-34-22(33)18-8-5-9-20(18)31)24-26-23-25-19-15-29(14-16-6-3-2-4-7-16)11-10-17(19)21(32)30(23)27-24/h2-4,6-7,18H,5,8-15H2,1H3,(H,25,26,27). The summed E-state index contributed by atoms with van der Waals surface area (Å²) in [7, 11) is 1.79. The molecule has 0 bridgehead atoms. The molecule has 1 atom stereocenters. The van der Waals surface area contributed by atoms with Crippen LogP contribution in [0.15, 0.2) is 35.1 Å². The average molecular weight is 465 g/mol. The normalized spacial score (nSPS) is 18.3. The van der Waals surface area contributed by atoms with Gasteiger partial charge in [-0.25, -0.2) is 4.98 Å². The second kappa shape index (κ2) is 9.38. The van der Waals surface area contributed by atoms with Gasteiger partial charge in [0, 0.05) is 38.7 Å². The van der Waals surface area contributed by atoms with Crippen LogP contribution >= 0.6 is 0 Å². The van der Waals surface area contributed by atoms with Gasteiger partial charge in [-0.3, -0.25) is 24.4 Å². The number of hydrogen-bond acceptors (Lipinski definition) is 8. The summed E-state index contributed by atoms with van der Waals surface area (Å²) in [6.07, 6.45) is 2.40. The van der Waals surface area contributed by atoms with Gasteiger partial charge in [0.05, 0.1) is 12.2 Å². The molecular weight excluding hydrogens is 436 g/mol. The summed E-state index contributed by atoms with van der Waals surface area (Å²) in [6, 6.07) is 10.2. The van der Waals surface area contributed by atoms with Crippen molar-refractivity contribution in [2.45, 2.75) is 38.8 Å². The van der Waals surface area contributed by atoms with Gasteiger partial charge in [-0.05, 0) is 24.8 Å². The largest absolute Gasteiger partial charge is 0.463 e. The second-order valence-corrected chi connectivity index (χ2v) is 8.97. The number of benzene rings is 1. The van der Waals surface area contributed by atoms with E-state index in [2.05, 4.69) is 32.1 Å². The predicted octanol–water partition coefficient (Wildman–Crippen LogP) is 1.32. The average Bonchev–Trinajstić information content (AvgIpc) is 3.46. The van der Waals surface area contributed by atoms with Gasteiger partial charge in [0.1, 0.15) is 18.3 Å². The summed E-state index contributed by atoms with van der Waals surface area (Å²) in [5.74, 6) is -0.327. The molecule has 1 aliphatic heterocycles. The lowest BCUT2D eigenvalue weighted by Gasteiger charge is -2.27. The molecule has 34 heavy (non-hydrogen) atoms. The molecule has 1 fully saturated rings. The molecule has 5 rings (SSSR count). The Labute approximate surface area is 196 Å². The number of carbonyl (C=O) groups is 2. The third-order valence-electron chi connectivity index (χ3n) is 6.58. The molecule has 178 valence electrons. The lowest BCUT2D eigenvalue weighted by molar-refractivity contribution is -0.150. The van der Waals surface area contributed by atoms with Crippen molar-refractivity contribution in [2.75, 3.05) is 31.6 Å². The molecule has 1 aliphatic carbocycles. The maximum absolute atomic E-state index is 13.1. The van der Waals surface area contributed by atoms with Crippen molar-refractivity contribution in [3.8, 4) is 0 Å². The maximum atomic E-state index is 13.1. The van der Waals surface area contributed by atoms with Gasteiger partial charge in [-0.2, -0.15) is 9.50 Å². The highest BCUT2D eigenvalue weighted by molar-refractivity contribution is 6.00. The minimum atomic E-state index is -0.618. The molecule has 3 heterocycles. The number of nitrogens with one attached hydrogen (secondary N) is 1. The SMILES string of the molecule is CN(CCOC(=O)C1CCCC1=O)c1nc2nc3c(c(=O)n2[nH]1)CCN(Cc1ccccc1)C3. The number of aromatic nitrogens is 4. The lowest BCUT2D eigenvalue weighted by Crippen LogP contribution is -2.36. The third kappa shape index (κ3) is 4.45. The summed E-state index contributed by atoms with van der Waals surface area (Å²) in [5.41, 5.74) is 2.58. The number of nitrogens with zero attached hydrogens (tertiary/aromatic N) is 5. The minimum Gasteiger partial charge on any atom is -0.463 e. The van der Waals surface area contributed by atoms with Crippen molar-refractivity contribution in [3.63, 3.8) is 0 Å². The Bertz CT molecular complexity index is 1270. The molecule has 1 aromatic carbocycles. The predicted molar refractivity (Wildman–Crippen MR) is 124 cm³/mol. The number of ether oxygens (including phenoxy) is 1. The van der Waals surface area contributed by atoms with E-state index in [-0.39, 0.29) is 17.9 Å². The third-order valence-corrected chi connectivity index (χ3v) is 6.58. The molecule has 2 aliphatic rings. The fraction of sp³-hybridized carbons (Fsp3) is 0.458. The van der Waals surface area contributed by atoms with Crippen molar-refractivity contribution in [3.05, 3.63) is 57.5 Å². The van der Waals surface area contributed by atoms with Crippen LogP contribution in [0.4, 0.5) is 5.95 Å². The molecule has 1 unspecified atom stereocenters. The topological polar surface area (TPSA) is 113 Å². The number of likely N-dealkylation sites (N-methyl/N-ethyl adjacent to an activating group) is 1. The highest BCUT2D eigenvalue weighted by Crippen LogP contribution is 2.22. The summed E-state index contributed by atoms with van der Waals surface area (Å²) in [6.45, 7) is 2.70. The summed E-state index contributed by atoms with van der Waals surface area (Å²) >= 11 is 0. The fourth-order valence-electron chi connectivity index (χ4n) is 4.63. The van der Waals surface area contributed by atoms with Crippen molar-refractivity contribution >= 4 is 23.5 Å². The molecule has 0 spiro atoms. The van der Waals surface area contributed by atoms with Crippen LogP contribution in [0.2, 0.25) is 0 Å². The second-order valence-electron chi connectivity index (χ2n) is 8.97. The smallest absolute Gasteiger partial charge is 0.316 e. The van der Waals surface area contributed by atoms with Gasteiger partial charge in [0.2, 0.25) is 5.95 Å². The molecule has 2 aromatic heterocycles. The molecule has 10 heteroatoms. The summed E-state index contributed by atoms with van der Waals surface area (Å²) < 4.78 is 6.67. The zero-order valence-electron chi connectivity index (χ0n) is 19.2. The van der Waals surface area contributed by atoms with Gasteiger partial charge in [0.15, 0.2) is 0 Å². The number of ketones is 1. The van der Waals surface area contributed by atoms with Crippen LogP contribution in [0.5, 0.6) is 0 Å². The van der Waals surface area contributed by atoms with Gasteiger partial charge >= 0.3 is 5.97 Å². The fourth-order valence-corrected chi connectivity index (χ4v) is 4.63. The number of hydrogen-bond donors (Lipinski definition) is 1. The molecule has 10 nitrogen and oxygen atoms in total. The van der Waals surface area contributed by atoms with E-state index < -0.39 is 11.9 Å². The van der Waals surface area contributed by atoms with Crippen molar-refractivity contribution in [1.82, 2.24) is 24.5 Å². The number of fused-ring (bicyclic) bond motifs is 2.